The van der Waals surface area contributed by atoms with Gasteiger partial charge >= 0.3 is 0 Å². The van der Waals surface area contributed by atoms with E-state index < -0.39 is 30.4 Å². The molecule has 0 bridgehead atoms. The van der Waals surface area contributed by atoms with E-state index in [9.17, 15) is 15.0 Å². The van der Waals surface area contributed by atoms with E-state index in [0.29, 0.717) is 23.6 Å². The number of anilines is 1. The Balaban J connectivity index is 1.56. The number of carbonyl (C=O) groups is 1. The number of aromatic nitrogens is 4. The van der Waals surface area contributed by atoms with Crippen LogP contribution in [0.2, 0.25) is 0 Å². The van der Waals surface area contributed by atoms with E-state index >= 15 is 0 Å². The zero-order chi connectivity index (χ0) is 22.8. The summed E-state index contributed by atoms with van der Waals surface area (Å²) < 4.78 is 7.13. The second-order valence-corrected chi connectivity index (χ2v) is 8.71. The molecule has 10 nitrogen and oxygen atoms in total. The molecule has 0 radical (unpaired) electrons. The van der Waals surface area contributed by atoms with Crippen LogP contribution in [0.1, 0.15) is 58.0 Å². The number of aliphatic hydroxyl groups is 2. The predicted octanol–water partition coefficient (Wildman–Crippen LogP) is 0.732. The molecule has 172 valence electrons. The number of hydrogen-bond donors (Lipinski definition) is 4. The SMILES string of the molecule is CCNC(=O)[C@H]1O[C@@H](n2cnc3c(N)nc(C#CCC4CCC(C)CC4)nc32)C(O)[C@H]1O. The van der Waals surface area contributed by atoms with E-state index in [1.807, 2.05) is 0 Å². The fourth-order valence-corrected chi connectivity index (χ4v) is 4.37. The molecule has 0 aromatic carbocycles. The molecule has 1 amide bonds. The summed E-state index contributed by atoms with van der Waals surface area (Å²) in [7, 11) is 0. The average molecular weight is 443 g/mol. The fraction of sp³-hybridized carbons (Fsp3) is 0.636. The molecule has 4 atom stereocenters. The maximum absolute atomic E-state index is 12.2. The zero-order valence-corrected chi connectivity index (χ0v) is 18.4. The van der Waals surface area contributed by atoms with Crippen LogP contribution in [-0.2, 0) is 9.53 Å². The molecular formula is C22H30N6O4. The Morgan fingerprint density at radius 1 is 1.28 bits per heavy atom. The topological polar surface area (TPSA) is 148 Å². The number of likely N-dealkylation sites (N-methyl/N-ethyl adjacent to an activating group) is 1. The normalized spacial score (nSPS) is 30.1. The Kier molecular flexibility index (Phi) is 6.60. The van der Waals surface area contributed by atoms with Crippen molar-refractivity contribution in [1.29, 1.82) is 0 Å². The third kappa shape index (κ3) is 4.41. The summed E-state index contributed by atoms with van der Waals surface area (Å²) in [5.74, 6) is 7.49. The Morgan fingerprint density at radius 2 is 2.03 bits per heavy atom. The lowest BCUT2D eigenvalue weighted by molar-refractivity contribution is -0.137. The molecule has 1 aliphatic heterocycles. The Labute approximate surface area is 186 Å². The van der Waals surface area contributed by atoms with Crippen molar-refractivity contribution in [3.63, 3.8) is 0 Å². The molecule has 32 heavy (non-hydrogen) atoms. The summed E-state index contributed by atoms with van der Waals surface area (Å²) in [6.45, 7) is 4.43. The lowest BCUT2D eigenvalue weighted by atomic mass is 9.81. The van der Waals surface area contributed by atoms with Gasteiger partial charge in [0.15, 0.2) is 23.8 Å². The quantitative estimate of drug-likeness (QED) is 0.507. The van der Waals surface area contributed by atoms with Gasteiger partial charge in [0.2, 0.25) is 5.82 Å². The summed E-state index contributed by atoms with van der Waals surface area (Å²) in [6.07, 6.45) is 2.06. The number of nitrogen functional groups attached to an aromatic ring is 1. The Hall–Kier alpha value is -2.74. The number of nitrogens with one attached hydrogen (secondary N) is 1. The number of ether oxygens (including phenoxy) is 1. The molecule has 1 saturated heterocycles. The number of fused-ring (bicyclic) bond motifs is 1. The molecule has 0 spiro atoms. The van der Waals surface area contributed by atoms with Gasteiger partial charge in [0, 0.05) is 13.0 Å². The van der Waals surface area contributed by atoms with Crippen molar-refractivity contribution in [2.24, 2.45) is 11.8 Å². The van der Waals surface area contributed by atoms with Crippen LogP contribution in [-0.4, -0.2) is 60.5 Å². The van der Waals surface area contributed by atoms with Crippen LogP contribution in [0.25, 0.3) is 11.2 Å². The van der Waals surface area contributed by atoms with Crippen LogP contribution >= 0.6 is 0 Å². The van der Waals surface area contributed by atoms with Gasteiger partial charge in [0.1, 0.15) is 17.7 Å². The molecule has 5 N–H and O–H groups in total. The maximum Gasteiger partial charge on any atom is 0.252 e. The predicted molar refractivity (Wildman–Crippen MR) is 117 cm³/mol. The number of rotatable bonds is 4. The first-order valence-electron chi connectivity index (χ1n) is 11.2. The molecule has 1 aliphatic carbocycles. The van der Waals surface area contributed by atoms with Crippen LogP contribution in [0, 0.1) is 23.7 Å². The van der Waals surface area contributed by atoms with Crippen molar-refractivity contribution in [3.05, 3.63) is 12.2 Å². The first-order valence-corrected chi connectivity index (χ1v) is 11.2. The number of carbonyl (C=O) groups excluding carboxylic acids is 1. The molecular weight excluding hydrogens is 412 g/mol. The highest BCUT2D eigenvalue weighted by Gasteiger charge is 2.47. The third-order valence-corrected chi connectivity index (χ3v) is 6.30. The van der Waals surface area contributed by atoms with Crippen LogP contribution in [0.4, 0.5) is 5.82 Å². The second-order valence-electron chi connectivity index (χ2n) is 8.71. The van der Waals surface area contributed by atoms with Gasteiger partial charge in [-0.1, -0.05) is 25.7 Å². The van der Waals surface area contributed by atoms with E-state index in [-0.39, 0.29) is 11.6 Å². The van der Waals surface area contributed by atoms with Gasteiger partial charge in [-0.25, -0.2) is 15.0 Å². The highest BCUT2D eigenvalue weighted by Crippen LogP contribution is 2.32. The number of amides is 1. The second kappa shape index (κ2) is 9.40. The fourth-order valence-electron chi connectivity index (χ4n) is 4.37. The summed E-state index contributed by atoms with van der Waals surface area (Å²) in [4.78, 5) is 25.1. The lowest BCUT2D eigenvalue weighted by Gasteiger charge is -2.24. The summed E-state index contributed by atoms with van der Waals surface area (Å²) >= 11 is 0. The summed E-state index contributed by atoms with van der Waals surface area (Å²) in [5, 5.41) is 23.4. The Bertz CT molecular complexity index is 1040. The number of nitrogens with two attached hydrogens (primary N) is 1. The van der Waals surface area contributed by atoms with Crippen LogP contribution < -0.4 is 11.1 Å². The van der Waals surface area contributed by atoms with Crippen LogP contribution in [0.5, 0.6) is 0 Å². The monoisotopic (exact) mass is 442 g/mol. The lowest BCUT2D eigenvalue weighted by Crippen LogP contribution is -2.42. The Morgan fingerprint density at radius 3 is 2.75 bits per heavy atom. The van der Waals surface area contributed by atoms with Crippen molar-refractivity contribution in [2.45, 2.75) is 70.5 Å². The molecule has 10 heteroatoms. The average Bonchev–Trinajstić information content (AvgIpc) is 3.31. The zero-order valence-electron chi connectivity index (χ0n) is 18.4. The van der Waals surface area contributed by atoms with E-state index in [1.165, 1.54) is 36.6 Å². The van der Waals surface area contributed by atoms with Gasteiger partial charge < -0.3 is 26.0 Å². The number of hydrogen-bond acceptors (Lipinski definition) is 8. The first kappa shape index (κ1) is 22.5. The molecule has 1 unspecified atom stereocenters. The van der Waals surface area contributed by atoms with E-state index in [0.717, 1.165) is 12.3 Å². The van der Waals surface area contributed by atoms with Crippen molar-refractivity contribution < 1.29 is 19.7 Å². The number of aliphatic hydroxyl groups excluding tert-OH is 2. The number of nitrogens with zero attached hydrogens (tertiary/aromatic N) is 4. The van der Waals surface area contributed by atoms with Crippen molar-refractivity contribution in [3.8, 4) is 11.8 Å². The van der Waals surface area contributed by atoms with Gasteiger partial charge in [-0.05, 0) is 37.5 Å². The van der Waals surface area contributed by atoms with Gasteiger partial charge in [0.25, 0.3) is 5.91 Å². The number of imidazole rings is 1. The molecule has 2 aromatic heterocycles. The minimum absolute atomic E-state index is 0.165. The van der Waals surface area contributed by atoms with Crippen molar-refractivity contribution >= 4 is 22.9 Å². The largest absolute Gasteiger partial charge is 0.387 e. The highest BCUT2D eigenvalue weighted by molar-refractivity contribution is 5.83. The molecule has 1 saturated carbocycles. The minimum atomic E-state index is -1.39. The van der Waals surface area contributed by atoms with Crippen LogP contribution in [0.3, 0.4) is 0 Å². The smallest absolute Gasteiger partial charge is 0.252 e. The standard InChI is InChI=1S/C22H30N6O4/c1-3-24-21(31)18-16(29)17(30)22(32-18)28-11-25-15-19(23)26-14(27-20(15)28)6-4-5-13-9-7-12(2)8-10-13/h11-13,16-18,22,29-30H,3,5,7-10H2,1-2H3,(H,24,31)(H2,23,26,27)/t12?,13?,16-,17?,18+,22-/m1/s1. The van der Waals surface area contributed by atoms with Crippen LogP contribution in [0.15, 0.2) is 6.33 Å². The highest BCUT2D eigenvalue weighted by atomic mass is 16.6. The molecule has 2 fully saturated rings. The third-order valence-electron chi connectivity index (χ3n) is 6.30. The van der Waals surface area contributed by atoms with Crippen molar-refractivity contribution in [1.82, 2.24) is 24.8 Å². The van der Waals surface area contributed by atoms with Gasteiger partial charge in [0.05, 0.1) is 6.33 Å². The molecule has 2 aromatic rings. The van der Waals surface area contributed by atoms with Gasteiger partial charge in [-0.15, -0.1) is 0 Å². The van der Waals surface area contributed by atoms with E-state index in [4.69, 9.17) is 10.5 Å². The van der Waals surface area contributed by atoms with Gasteiger partial charge in [-0.2, -0.15) is 0 Å². The van der Waals surface area contributed by atoms with E-state index in [1.54, 1.807) is 6.92 Å². The van der Waals surface area contributed by atoms with Crippen molar-refractivity contribution in [2.75, 3.05) is 12.3 Å². The maximum atomic E-state index is 12.2. The first-order chi connectivity index (χ1) is 15.4. The van der Waals surface area contributed by atoms with E-state index in [2.05, 4.69) is 39.0 Å². The molecule has 2 aliphatic rings. The summed E-state index contributed by atoms with van der Waals surface area (Å²) in [6, 6.07) is 0. The van der Waals surface area contributed by atoms with Gasteiger partial charge in [-0.3, -0.25) is 9.36 Å². The summed E-state index contributed by atoms with van der Waals surface area (Å²) in [5.41, 5.74) is 6.72. The minimum Gasteiger partial charge on any atom is -0.387 e. The molecule has 4 rings (SSSR count). The molecule has 3 heterocycles.